The highest BCUT2D eigenvalue weighted by molar-refractivity contribution is 5.93. The highest BCUT2D eigenvalue weighted by atomic mass is 16.2. The Kier molecular flexibility index (Phi) is 5.79. The third-order valence-corrected chi connectivity index (χ3v) is 4.09. The average molecular weight is 324 g/mol. The fourth-order valence-electron chi connectivity index (χ4n) is 3.33. The quantitative estimate of drug-likeness (QED) is 0.889. The maximum Gasteiger partial charge on any atom is 0.238 e. The first-order valence-corrected chi connectivity index (χ1v) is 8.38. The van der Waals surface area contributed by atoms with Gasteiger partial charge in [0.15, 0.2) is 0 Å². The van der Waals surface area contributed by atoms with Crippen molar-refractivity contribution < 1.29 is 4.79 Å². The summed E-state index contributed by atoms with van der Waals surface area (Å²) in [7, 11) is 1.98. The zero-order valence-electron chi connectivity index (χ0n) is 15.7. The van der Waals surface area contributed by atoms with E-state index in [0.29, 0.717) is 6.54 Å². The SMILES string of the molecule is Cc1cc(C)cc(CN(C)CC(=O)Nc2c(C)cc(C)cc2C)c1. The van der Waals surface area contributed by atoms with E-state index in [4.69, 9.17) is 0 Å². The summed E-state index contributed by atoms with van der Waals surface area (Å²) in [6, 6.07) is 10.7. The summed E-state index contributed by atoms with van der Waals surface area (Å²) >= 11 is 0. The molecular weight excluding hydrogens is 296 g/mol. The second kappa shape index (κ2) is 7.63. The maximum atomic E-state index is 12.4. The number of benzene rings is 2. The van der Waals surface area contributed by atoms with Gasteiger partial charge in [0.2, 0.25) is 5.91 Å². The minimum atomic E-state index is 0.0249. The molecule has 0 aliphatic carbocycles. The Labute approximate surface area is 145 Å². The number of nitrogens with one attached hydrogen (secondary N) is 1. The molecule has 0 radical (unpaired) electrons. The van der Waals surface area contributed by atoms with Gasteiger partial charge in [0, 0.05) is 12.2 Å². The van der Waals surface area contributed by atoms with Gasteiger partial charge in [-0.15, -0.1) is 0 Å². The second-order valence-corrected chi connectivity index (χ2v) is 6.99. The van der Waals surface area contributed by atoms with Crippen molar-refractivity contribution in [3.8, 4) is 0 Å². The van der Waals surface area contributed by atoms with E-state index in [0.717, 1.165) is 23.4 Å². The van der Waals surface area contributed by atoms with Gasteiger partial charge in [-0.05, 0) is 58.4 Å². The standard InChI is InChI=1S/C21H28N2O/c1-14-7-15(2)11-19(10-14)12-23(6)13-20(24)22-21-17(4)8-16(3)9-18(21)5/h7-11H,12-13H2,1-6H3,(H,22,24). The van der Waals surface area contributed by atoms with Crippen LogP contribution in [0.15, 0.2) is 30.3 Å². The predicted octanol–water partition coefficient (Wildman–Crippen LogP) is 4.30. The van der Waals surface area contributed by atoms with Crippen LogP contribution >= 0.6 is 0 Å². The van der Waals surface area contributed by atoms with Crippen LogP contribution in [0.2, 0.25) is 0 Å². The molecule has 0 unspecified atom stereocenters. The first-order chi connectivity index (χ1) is 11.2. The number of anilines is 1. The van der Waals surface area contributed by atoms with Crippen LogP contribution < -0.4 is 5.32 Å². The molecule has 2 rings (SSSR count). The lowest BCUT2D eigenvalue weighted by Crippen LogP contribution is -2.30. The number of carbonyl (C=O) groups excluding carboxylic acids is 1. The number of hydrogen-bond donors (Lipinski definition) is 1. The van der Waals surface area contributed by atoms with Gasteiger partial charge in [-0.25, -0.2) is 0 Å². The highest BCUT2D eigenvalue weighted by Crippen LogP contribution is 2.21. The van der Waals surface area contributed by atoms with Crippen molar-refractivity contribution in [3.05, 3.63) is 63.7 Å². The molecule has 0 aromatic heterocycles. The van der Waals surface area contributed by atoms with Gasteiger partial charge in [-0.2, -0.15) is 0 Å². The number of amides is 1. The average Bonchev–Trinajstić information content (AvgIpc) is 2.41. The van der Waals surface area contributed by atoms with Crippen molar-refractivity contribution in [1.29, 1.82) is 0 Å². The van der Waals surface area contributed by atoms with Crippen molar-refractivity contribution >= 4 is 11.6 Å². The summed E-state index contributed by atoms with van der Waals surface area (Å²) in [5.41, 5.74) is 8.13. The molecular formula is C21H28N2O. The first-order valence-electron chi connectivity index (χ1n) is 8.38. The molecule has 24 heavy (non-hydrogen) atoms. The Morgan fingerprint density at radius 1 is 0.875 bits per heavy atom. The van der Waals surface area contributed by atoms with E-state index < -0.39 is 0 Å². The molecule has 1 N–H and O–H groups in total. The zero-order valence-corrected chi connectivity index (χ0v) is 15.7. The fourth-order valence-corrected chi connectivity index (χ4v) is 3.33. The molecule has 0 spiro atoms. The van der Waals surface area contributed by atoms with E-state index in [1.807, 2.05) is 25.8 Å². The number of carbonyl (C=O) groups is 1. The van der Waals surface area contributed by atoms with Gasteiger partial charge in [-0.1, -0.05) is 47.0 Å². The molecule has 128 valence electrons. The van der Waals surface area contributed by atoms with Gasteiger partial charge in [0.1, 0.15) is 0 Å². The van der Waals surface area contributed by atoms with Crippen LogP contribution in [0.3, 0.4) is 0 Å². The summed E-state index contributed by atoms with van der Waals surface area (Å²) in [5, 5.41) is 3.06. The van der Waals surface area contributed by atoms with Crippen LogP contribution in [0, 0.1) is 34.6 Å². The first kappa shape index (κ1) is 18.2. The molecule has 0 heterocycles. The van der Waals surface area contributed by atoms with Crippen molar-refractivity contribution in [2.45, 2.75) is 41.2 Å². The largest absolute Gasteiger partial charge is 0.324 e. The summed E-state index contributed by atoms with van der Waals surface area (Å²) < 4.78 is 0. The summed E-state index contributed by atoms with van der Waals surface area (Å²) in [6.07, 6.45) is 0. The van der Waals surface area contributed by atoms with Crippen molar-refractivity contribution in [2.24, 2.45) is 0 Å². The lowest BCUT2D eigenvalue weighted by Gasteiger charge is -2.18. The predicted molar refractivity (Wildman–Crippen MR) is 102 cm³/mol. The Hall–Kier alpha value is -2.13. The smallest absolute Gasteiger partial charge is 0.238 e. The third-order valence-electron chi connectivity index (χ3n) is 4.09. The van der Waals surface area contributed by atoms with E-state index in [9.17, 15) is 4.79 Å². The minimum Gasteiger partial charge on any atom is -0.324 e. The molecule has 1 amide bonds. The monoisotopic (exact) mass is 324 g/mol. The Morgan fingerprint density at radius 3 is 1.92 bits per heavy atom. The van der Waals surface area contributed by atoms with Crippen LogP contribution in [0.1, 0.15) is 33.4 Å². The van der Waals surface area contributed by atoms with E-state index in [2.05, 4.69) is 56.4 Å². The molecule has 0 aliphatic heterocycles. The third kappa shape index (κ3) is 4.93. The van der Waals surface area contributed by atoms with Crippen LogP contribution in [-0.4, -0.2) is 24.4 Å². The Morgan fingerprint density at radius 2 is 1.38 bits per heavy atom. The van der Waals surface area contributed by atoms with Crippen LogP contribution in [0.4, 0.5) is 5.69 Å². The number of hydrogen-bond acceptors (Lipinski definition) is 2. The topological polar surface area (TPSA) is 32.3 Å². The zero-order chi connectivity index (χ0) is 17.9. The molecule has 0 bridgehead atoms. The minimum absolute atomic E-state index is 0.0249. The van der Waals surface area contributed by atoms with Crippen molar-refractivity contribution in [1.82, 2.24) is 4.90 Å². The van der Waals surface area contributed by atoms with Gasteiger partial charge in [0.25, 0.3) is 0 Å². The van der Waals surface area contributed by atoms with Gasteiger partial charge >= 0.3 is 0 Å². The van der Waals surface area contributed by atoms with E-state index in [1.54, 1.807) is 0 Å². The molecule has 0 aliphatic rings. The van der Waals surface area contributed by atoms with Gasteiger partial charge in [0.05, 0.1) is 6.54 Å². The molecule has 2 aromatic carbocycles. The Bertz CT molecular complexity index is 706. The molecule has 0 atom stereocenters. The highest BCUT2D eigenvalue weighted by Gasteiger charge is 2.11. The number of nitrogens with zero attached hydrogens (tertiary/aromatic N) is 1. The van der Waals surface area contributed by atoms with Crippen molar-refractivity contribution in [2.75, 3.05) is 18.9 Å². The normalized spacial score (nSPS) is 11.0. The molecule has 2 aromatic rings. The van der Waals surface area contributed by atoms with Crippen molar-refractivity contribution in [3.63, 3.8) is 0 Å². The van der Waals surface area contributed by atoms with Crippen LogP contribution in [0.25, 0.3) is 0 Å². The molecule has 0 saturated carbocycles. The number of aryl methyl sites for hydroxylation is 5. The molecule has 0 fully saturated rings. The van der Waals surface area contributed by atoms with Gasteiger partial charge in [-0.3, -0.25) is 9.69 Å². The Balaban J connectivity index is 1.99. The maximum absolute atomic E-state index is 12.4. The molecule has 3 heteroatoms. The number of likely N-dealkylation sites (N-methyl/N-ethyl adjacent to an activating group) is 1. The summed E-state index contributed by atoms with van der Waals surface area (Å²) in [4.78, 5) is 14.4. The van der Waals surface area contributed by atoms with Crippen LogP contribution in [-0.2, 0) is 11.3 Å². The summed E-state index contributed by atoms with van der Waals surface area (Å²) in [5.74, 6) is 0.0249. The second-order valence-electron chi connectivity index (χ2n) is 6.99. The molecule has 3 nitrogen and oxygen atoms in total. The van der Waals surface area contributed by atoms with Gasteiger partial charge < -0.3 is 5.32 Å². The molecule has 0 saturated heterocycles. The van der Waals surface area contributed by atoms with E-state index in [1.165, 1.54) is 22.3 Å². The van der Waals surface area contributed by atoms with Crippen LogP contribution in [0.5, 0.6) is 0 Å². The fraction of sp³-hybridized carbons (Fsp3) is 0.381. The van der Waals surface area contributed by atoms with E-state index >= 15 is 0 Å². The lowest BCUT2D eigenvalue weighted by atomic mass is 10.1. The van der Waals surface area contributed by atoms with E-state index in [-0.39, 0.29) is 5.91 Å². The lowest BCUT2D eigenvalue weighted by molar-refractivity contribution is -0.117. The number of rotatable bonds is 5. The summed E-state index contributed by atoms with van der Waals surface area (Å²) in [6.45, 7) is 11.5.